The number of halogens is 3. The second-order valence-electron chi connectivity index (χ2n) is 5.05. The third-order valence-electron chi connectivity index (χ3n) is 3.14. The molecule has 0 aromatic rings. The van der Waals surface area contributed by atoms with Crippen LogP contribution in [-0.4, -0.2) is 35.4 Å². The average molecular weight is 268 g/mol. The Morgan fingerprint density at radius 1 is 1.33 bits per heavy atom. The minimum atomic E-state index is -5.07. The van der Waals surface area contributed by atoms with E-state index in [4.69, 9.17) is 5.11 Å². The van der Waals surface area contributed by atoms with Crippen molar-refractivity contribution in [1.82, 2.24) is 10.6 Å². The highest BCUT2D eigenvalue weighted by Crippen LogP contribution is 2.44. The molecule has 0 aromatic carbocycles. The molecule has 0 saturated heterocycles. The normalized spacial score (nSPS) is 20.7. The molecule has 0 radical (unpaired) electrons. The Morgan fingerprint density at radius 3 is 2.17 bits per heavy atom. The zero-order chi connectivity index (χ0) is 14.2. The molecule has 104 valence electrons. The molecule has 1 atom stereocenters. The quantitative estimate of drug-likeness (QED) is 0.722. The maximum Gasteiger partial charge on any atom is 0.422 e. The maximum absolute atomic E-state index is 12.6. The highest BCUT2D eigenvalue weighted by molar-refractivity contribution is 5.86. The molecule has 0 bridgehead atoms. The van der Waals surface area contributed by atoms with E-state index in [1.807, 2.05) is 6.92 Å². The van der Waals surface area contributed by atoms with Crippen molar-refractivity contribution in [2.75, 3.05) is 6.54 Å². The molecule has 2 amide bonds. The zero-order valence-electron chi connectivity index (χ0n) is 10.0. The van der Waals surface area contributed by atoms with E-state index >= 15 is 0 Å². The van der Waals surface area contributed by atoms with Gasteiger partial charge in [-0.15, -0.1) is 0 Å². The largest absolute Gasteiger partial charge is 0.479 e. The predicted octanol–water partition coefficient (Wildman–Crippen LogP) is 1.49. The van der Waals surface area contributed by atoms with Gasteiger partial charge in [-0.25, -0.2) is 9.59 Å². The van der Waals surface area contributed by atoms with Crippen LogP contribution in [0.4, 0.5) is 18.0 Å². The molecule has 1 aliphatic rings. The number of carboxylic acid groups (broad SMARTS) is 1. The van der Waals surface area contributed by atoms with E-state index < -0.39 is 23.7 Å². The van der Waals surface area contributed by atoms with E-state index in [9.17, 15) is 22.8 Å². The minimum Gasteiger partial charge on any atom is -0.479 e. The Labute approximate surface area is 102 Å². The Bertz CT molecular complexity index is 366. The Morgan fingerprint density at radius 2 is 1.83 bits per heavy atom. The lowest BCUT2D eigenvalue weighted by atomic mass is 10.0. The van der Waals surface area contributed by atoms with Gasteiger partial charge in [0.1, 0.15) is 0 Å². The third-order valence-corrected chi connectivity index (χ3v) is 3.14. The van der Waals surface area contributed by atoms with E-state index in [0.717, 1.165) is 12.8 Å². The SMILES string of the molecule is CC1(CNC(=O)NC(C)(C(=O)O)C(F)(F)F)CC1. The summed E-state index contributed by atoms with van der Waals surface area (Å²) in [6.45, 7) is 2.52. The first-order chi connectivity index (χ1) is 8.00. The van der Waals surface area contributed by atoms with Crippen LogP contribution in [0.5, 0.6) is 0 Å². The van der Waals surface area contributed by atoms with E-state index in [1.54, 1.807) is 0 Å². The van der Waals surface area contributed by atoms with Gasteiger partial charge >= 0.3 is 18.2 Å². The average Bonchev–Trinajstić information content (AvgIpc) is 2.92. The molecular formula is C10H15F3N2O3. The van der Waals surface area contributed by atoms with Gasteiger partial charge in [0, 0.05) is 6.54 Å². The third kappa shape index (κ3) is 3.05. The van der Waals surface area contributed by atoms with E-state index in [2.05, 4.69) is 5.32 Å². The van der Waals surface area contributed by atoms with Crippen LogP contribution in [0.25, 0.3) is 0 Å². The number of hydrogen-bond acceptors (Lipinski definition) is 2. The van der Waals surface area contributed by atoms with Gasteiger partial charge in [-0.05, 0) is 25.2 Å². The van der Waals surface area contributed by atoms with Gasteiger partial charge in [-0.1, -0.05) is 6.92 Å². The lowest BCUT2D eigenvalue weighted by molar-refractivity contribution is -0.203. The van der Waals surface area contributed by atoms with Gasteiger partial charge in [0.05, 0.1) is 0 Å². The van der Waals surface area contributed by atoms with Gasteiger partial charge < -0.3 is 15.7 Å². The molecule has 0 heterocycles. The van der Waals surface area contributed by atoms with Gasteiger partial charge in [-0.3, -0.25) is 0 Å². The first-order valence-electron chi connectivity index (χ1n) is 5.36. The topological polar surface area (TPSA) is 78.4 Å². The summed E-state index contributed by atoms with van der Waals surface area (Å²) in [4.78, 5) is 22.0. The van der Waals surface area contributed by atoms with Gasteiger partial charge in [0.15, 0.2) is 0 Å². The molecule has 18 heavy (non-hydrogen) atoms. The number of carbonyl (C=O) groups excluding carboxylic acids is 1. The Hall–Kier alpha value is -1.47. The molecule has 1 aliphatic carbocycles. The predicted molar refractivity (Wildman–Crippen MR) is 56.0 cm³/mol. The molecule has 0 aromatic heterocycles. The molecule has 1 saturated carbocycles. The zero-order valence-corrected chi connectivity index (χ0v) is 10.0. The summed E-state index contributed by atoms with van der Waals surface area (Å²) in [6.07, 6.45) is -3.29. The molecule has 1 unspecified atom stereocenters. The first-order valence-corrected chi connectivity index (χ1v) is 5.36. The van der Waals surface area contributed by atoms with Crippen molar-refractivity contribution in [3.8, 4) is 0 Å². The Kier molecular flexibility index (Phi) is 3.51. The van der Waals surface area contributed by atoms with Crippen LogP contribution in [0.1, 0.15) is 26.7 Å². The summed E-state index contributed by atoms with van der Waals surface area (Å²) >= 11 is 0. The molecule has 3 N–H and O–H groups in total. The van der Waals surface area contributed by atoms with Crippen LogP contribution < -0.4 is 10.6 Å². The van der Waals surface area contributed by atoms with Crippen molar-refractivity contribution in [1.29, 1.82) is 0 Å². The van der Waals surface area contributed by atoms with Crippen LogP contribution in [0.3, 0.4) is 0 Å². The maximum atomic E-state index is 12.6. The summed E-state index contributed by atoms with van der Waals surface area (Å²) in [5.74, 6) is -2.15. The fraction of sp³-hybridized carbons (Fsp3) is 0.800. The van der Waals surface area contributed by atoms with E-state index in [1.165, 1.54) is 5.32 Å². The summed E-state index contributed by atoms with van der Waals surface area (Å²) in [6, 6.07) is -1.13. The van der Waals surface area contributed by atoms with Crippen LogP contribution in [0.15, 0.2) is 0 Å². The number of carbonyl (C=O) groups is 2. The molecule has 1 fully saturated rings. The number of carboxylic acids is 1. The van der Waals surface area contributed by atoms with Crippen molar-refractivity contribution in [2.45, 2.75) is 38.4 Å². The lowest BCUT2D eigenvalue weighted by Crippen LogP contribution is -2.63. The Balaban J connectivity index is 2.61. The first kappa shape index (κ1) is 14.6. The molecule has 1 rings (SSSR count). The number of aliphatic carboxylic acids is 1. The monoisotopic (exact) mass is 268 g/mol. The highest BCUT2D eigenvalue weighted by Gasteiger charge is 2.58. The van der Waals surface area contributed by atoms with Gasteiger partial charge in [0.25, 0.3) is 0 Å². The van der Waals surface area contributed by atoms with E-state index in [0.29, 0.717) is 6.92 Å². The van der Waals surface area contributed by atoms with Crippen molar-refractivity contribution in [3.05, 3.63) is 0 Å². The van der Waals surface area contributed by atoms with Crippen LogP contribution in [-0.2, 0) is 4.79 Å². The van der Waals surface area contributed by atoms with Crippen LogP contribution in [0, 0.1) is 5.41 Å². The van der Waals surface area contributed by atoms with Gasteiger partial charge in [-0.2, -0.15) is 13.2 Å². The van der Waals surface area contributed by atoms with Crippen molar-refractivity contribution in [2.24, 2.45) is 5.41 Å². The van der Waals surface area contributed by atoms with Gasteiger partial charge in [0.2, 0.25) is 5.54 Å². The molecule has 8 heteroatoms. The number of amides is 2. The van der Waals surface area contributed by atoms with Crippen LogP contribution in [0.2, 0.25) is 0 Å². The minimum absolute atomic E-state index is 0.0742. The van der Waals surface area contributed by atoms with Crippen molar-refractivity contribution >= 4 is 12.0 Å². The standard InChI is InChI=1S/C10H15F3N2O3/c1-8(3-4-8)5-14-7(18)15-9(2,6(16)17)10(11,12)13/h3-5H2,1-2H3,(H,16,17)(H2,14,15,18). The van der Waals surface area contributed by atoms with Crippen LogP contribution >= 0.6 is 0 Å². The lowest BCUT2D eigenvalue weighted by Gasteiger charge is -2.28. The highest BCUT2D eigenvalue weighted by atomic mass is 19.4. The number of rotatable bonds is 4. The number of alkyl halides is 3. The summed E-state index contributed by atoms with van der Waals surface area (Å²) in [5, 5.41) is 12.3. The number of nitrogens with one attached hydrogen (secondary N) is 2. The number of hydrogen-bond donors (Lipinski definition) is 3. The van der Waals surface area contributed by atoms with Crippen molar-refractivity contribution < 1.29 is 27.9 Å². The van der Waals surface area contributed by atoms with E-state index in [-0.39, 0.29) is 12.0 Å². The molecule has 0 aliphatic heterocycles. The summed E-state index contributed by atoms with van der Waals surface area (Å²) in [5.41, 5.74) is -3.36. The smallest absolute Gasteiger partial charge is 0.422 e. The van der Waals surface area contributed by atoms with Crippen molar-refractivity contribution in [3.63, 3.8) is 0 Å². The molecule has 0 spiro atoms. The summed E-state index contributed by atoms with van der Waals surface area (Å²) < 4.78 is 37.7. The summed E-state index contributed by atoms with van der Waals surface area (Å²) in [7, 11) is 0. The second-order valence-corrected chi connectivity index (χ2v) is 5.05. The second kappa shape index (κ2) is 4.33. The molecular weight excluding hydrogens is 253 g/mol. The fourth-order valence-corrected chi connectivity index (χ4v) is 1.20. The molecule has 5 nitrogen and oxygen atoms in total. The number of urea groups is 1. The fourth-order valence-electron chi connectivity index (χ4n) is 1.20.